The van der Waals surface area contributed by atoms with Crippen LogP contribution in [0.25, 0.3) is 0 Å². The van der Waals surface area contributed by atoms with Gasteiger partial charge in [-0.3, -0.25) is 48.3 Å². The van der Waals surface area contributed by atoms with Crippen LogP contribution in [-0.4, -0.2) is 147 Å². The quantitative estimate of drug-likeness (QED) is 0.102. The number of nitrogens with one attached hydrogen (secondary N) is 1. The third-order valence-corrected chi connectivity index (χ3v) is 9.63. The maximum atomic E-state index is 14.0. The van der Waals surface area contributed by atoms with Crippen molar-refractivity contribution < 1.29 is 62.4 Å². The van der Waals surface area contributed by atoms with Crippen molar-refractivity contribution >= 4 is 47.4 Å². The van der Waals surface area contributed by atoms with Crippen molar-refractivity contribution in [1.82, 2.24) is 14.7 Å². The first-order chi connectivity index (χ1) is 30.1. The lowest BCUT2D eigenvalue weighted by atomic mass is 9.87. The molecule has 0 spiro atoms. The third-order valence-electron chi connectivity index (χ3n) is 9.63. The zero-order valence-corrected chi connectivity index (χ0v) is 42.4. The molecule has 0 radical (unpaired) electrons. The highest BCUT2D eigenvalue weighted by Gasteiger charge is 2.40. The summed E-state index contributed by atoms with van der Waals surface area (Å²) >= 11 is 0. The Bertz CT molecular complexity index is 1740. The number of amides is 1. The molecule has 0 saturated heterocycles. The summed E-state index contributed by atoms with van der Waals surface area (Å²) in [7, 11) is 0. The van der Waals surface area contributed by atoms with Crippen molar-refractivity contribution in [2.75, 3.05) is 44.6 Å². The standard InChI is InChI=1S/C49H80N4O13/c1-45(2,3)62-40(57)28-51(29-41(58)63-46(4,5)6)35(26-33-20-22-34(23-21-33)50-38(54)24-25-39(55)56)27-52(30-42(59)64-47(7,8)9)36-18-16-17-19-37(36)53(31-43(60)65-48(10,11)12)32-44(61)66-49(13,14)15/h20-23,35-37H,16-19,24-32H2,1-15H3,(H,50,54)(H,55,56)/t35-,36+,37+/m1/s1. The minimum atomic E-state index is -1.09. The molecule has 1 fully saturated rings. The van der Waals surface area contributed by atoms with Gasteiger partial charge in [-0.1, -0.05) is 25.0 Å². The van der Waals surface area contributed by atoms with Crippen LogP contribution in [-0.2, 0) is 63.7 Å². The van der Waals surface area contributed by atoms with Gasteiger partial charge in [-0.25, -0.2) is 0 Å². The van der Waals surface area contributed by atoms with Crippen LogP contribution in [0.2, 0.25) is 0 Å². The number of carbonyl (C=O) groups is 7. The van der Waals surface area contributed by atoms with Gasteiger partial charge >= 0.3 is 35.8 Å². The number of esters is 5. The van der Waals surface area contributed by atoms with E-state index in [2.05, 4.69) is 5.32 Å². The second-order valence-electron chi connectivity index (χ2n) is 22.1. The van der Waals surface area contributed by atoms with E-state index in [1.165, 1.54) is 0 Å². The second-order valence-corrected chi connectivity index (χ2v) is 22.1. The number of carboxylic acid groups (broad SMARTS) is 1. The van der Waals surface area contributed by atoms with Gasteiger partial charge in [0, 0.05) is 36.8 Å². The number of anilines is 1. The molecule has 1 aliphatic carbocycles. The highest BCUT2D eigenvalue weighted by Crippen LogP contribution is 2.30. The summed E-state index contributed by atoms with van der Waals surface area (Å²) in [6.07, 6.45) is 2.36. The smallest absolute Gasteiger partial charge is 0.320 e. The van der Waals surface area contributed by atoms with E-state index < -0.39 is 87.9 Å². The molecular formula is C49H80N4O13. The fourth-order valence-electron chi connectivity index (χ4n) is 7.58. The van der Waals surface area contributed by atoms with Crippen LogP contribution in [0.5, 0.6) is 0 Å². The van der Waals surface area contributed by atoms with Crippen LogP contribution in [0, 0.1) is 0 Å². The fraction of sp³-hybridized carbons (Fsp3) is 0.735. The molecule has 2 rings (SSSR count). The van der Waals surface area contributed by atoms with Gasteiger partial charge in [0.25, 0.3) is 0 Å². The molecule has 17 nitrogen and oxygen atoms in total. The number of hydrogen-bond donors (Lipinski definition) is 2. The summed E-state index contributed by atoms with van der Waals surface area (Å²) in [5, 5.41) is 11.7. The molecule has 374 valence electrons. The van der Waals surface area contributed by atoms with Crippen molar-refractivity contribution in [2.24, 2.45) is 0 Å². The average Bonchev–Trinajstić information content (AvgIpc) is 3.09. The molecule has 66 heavy (non-hydrogen) atoms. The van der Waals surface area contributed by atoms with E-state index >= 15 is 0 Å². The van der Waals surface area contributed by atoms with Gasteiger partial charge < -0.3 is 34.1 Å². The monoisotopic (exact) mass is 933 g/mol. The molecule has 17 heteroatoms. The lowest BCUT2D eigenvalue weighted by Crippen LogP contribution is -2.60. The van der Waals surface area contributed by atoms with Gasteiger partial charge in [-0.2, -0.15) is 0 Å². The molecule has 3 atom stereocenters. The number of rotatable bonds is 21. The van der Waals surface area contributed by atoms with Crippen molar-refractivity contribution in [3.63, 3.8) is 0 Å². The molecule has 0 aliphatic heterocycles. The predicted octanol–water partition coefficient (Wildman–Crippen LogP) is 6.33. The number of aliphatic carboxylic acids is 1. The SMILES string of the molecule is CC(C)(C)OC(=O)CN(CC(=O)OC(C)(C)C)[C@H](Cc1ccc(NC(=O)CCC(=O)O)cc1)CN(CC(=O)OC(C)(C)C)[C@H]1CCCC[C@@H]1N(CC(=O)OC(C)(C)C)CC(=O)OC(C)(C)C. The van der Waals surface area contributed by atoms with Crippen molar-refractivity contribution in [1.29, 1.82) is 0 Å². The second kappa shape index (κ2) is 24.4. The van der Waals surface area contributed by atoms with Gasteiger partial charge in [0.1, 0.15) is 28.0 Å². The van der Waals surface area contributed by atoms with Crippen LogP contribution in [0.1, 0.15) is 148 Å². The lowest BCUT2D eigenvalue weighted by Gasteiger charge is -2.46. The number of nitrogens with zero attached hydrogens (tertiary/aromatic N) is 3. The minimum Gasteiger partial charge on any atom is -0.481 e. The maximum absolute atomic E-state index is 14.0. The Kier molecular flexibility index (Phi) is 21.3. The van der Waals surface area contributed by atoms with Crippen molar-refractivity contribution in [3.05, 3.63) is 29.8 Å². The molecule has 0 heterocycles. The summed E-state index contributed by atoms with van der Waals surface area (Å²) in [6, 6.07) is 5.32. The molecule has 0 bridgehead atoms. The first-order valence-electron chi connectivity index (χ1n) is 23.0. The Hall–Kier alpha value is -4.61. The highest BCUT2D eigenvalue weighted by atomic mass is 16.6. The Balaban J connectivity index is 2.84. The molecule has 0 aromatic heterocycles. The summed E-state index contributed by atoms with van der Waals surface area (Å²) < 4.78 is 29.0. The van der Waals surface area contributed by atoms with E-state index in [1.54, 1.807) is 138 Å². The summed E-state index contributed by atoms with van der Waals surface area (Å²) in [6.45, 7) is 25.1. The molecule has 1 aromatic rings. The molecule has 1 aromatic carbocycles. The van der Waals surface area contributed by atoms with Crippen LogP contribution in [0.15, 0.2) is 24.3 Å². The number of hydrogen-bond acceptors (Lipinski definition) is 15. The fourth-order valence-corrected chi connectivity index (χ4v) is 7.58. The van der Waals surface area contributed by atoms with Crippen LogP contribution in [0.4, 0.5) is 5.69 Å². The number of benzene rings is 1. The Morgan fingerprint density at radius 3 is 1.26 bits per heavy atom. The van der Waals surface area contributed by atoms with Crippen molar-refractivity contribution in [3.8, 4) is 0 Å². The van der Waals surface area contributed by atoms with Gasteiger partial charge in [-0.15, -0.1) is 0 Å². The van der Waals surface area contributed by atoms with E-state index in [9.17, 15) is 33.6 Å². The van der Waals surface area contributed by atoms with Crippen LogP contribution >= 0.6 is 0 Å². The zero-order chi connectivity index (χ0) is 50.4. The zero-order valence-electron chi connectivity index (χ0n) is 42.4. The van der Waals surface area contributed by atoms with E-state index in [1.807, 2.05) is 4.90 Å². The van der Waals surface area contributed by atoms with Gasteiger partial charge in [0.2, 0.25) is 5.91 Å². The average molecular weight is 933 g/mol. The third kappa shape index (κ3) is 24.8. The number of ether oxygens (including phenoxy) is 5. The van der Waals surface area contributed by atoms with E-state index in [0.29, 0.717) is 18.5 Å². The van der Waals surface area contributed by atoms with Crippen LogP contribution in [0.3, 0.4) is 0 Å². The highest BCUT2D eigenvalue weighted by molar-refractivity contribution is 5.92. The predicted molar refractivity (Wildman–Crippen MR) is 249 cm³/mol. The maximum Gasteiger partial charge on any atom is 0.320 e. The largest absolute Gasteiger partial charge is 0.481 e. The van der Waals surface area contributed by atoms with E-state index in [-0.39, 0.29) is 58.5 Å². The Morgan fingerprint density at radius 2 is 0.894 bits per heavy atom. The number of carbonyl (C=O) groups excluding carboxylic acids is 6. The molecule has 1 saturated carbocycles. The molecule has 0 unspecified atom stereocenters. The van der Waals surface area contributed by atoms with E-state index in [4.69, 9.17) is 28.8 Å². The first-order valence-corrected chi connectivity index (χ1v) is 23.0. The molecule has 2 N–H and O–H groups in total. The van der Waals surface area contributed by atoms with Gasteiger partial charge in [0.05, 0.1) is 39.1 Å². The minimum absolute atomic E-state index is 0.0897. The molecule has 1 aliphatic rings. The normalized spacial score (nSPS) is 16.6. The summed E-state index contributed by atoms with van der Waals surface area (Å²) in [4.78, 5) is 97.5. The van der Waals surface area contributed by atoms with Crippen molar-refractivity contribution in [2.45, 2.75) is 195 Å². The van der Waals surface area contributed by atoms with E-state index in [0.717, 1.165) is 18.4 Å². The summed E-state index contributed by atoms with van der Waals surface area (Å²) in [5.41, 5.74) is -2.94. The Morgan fingerprint density at radius 1 is 0.545 bits per heavy atom. The van der Waals surface area contributed by atoms with Crippen LogP contribution < -0.4 is 5.32 Å². The summed E-state index contributed by atoms with van der Waals surface area (Å²) in [5.74, 6) is -4.32. The molecular weight excluding hydrogens is 853 g/mol. The number of carboxylic acids is 1. The topological polar surface area (TPSA) is 208 Å². The Labute approximate surface area is 392 Å². The molecule has 1 amide bonds. The van der Waals surface area contributed by atoms with Gasteiger partial charge in [-0.05, 0) is 141 Å². The van der Waals surface area contributed by atoms with Gasteiger partial charge in [0.15, 0.2) is 0 Å². The first kappa shape index (κ1) is 57.5. The lowest BCUT2D eigenvalue weighted by molar-refractivity contribution is -0.164.